The van der Waals surface area contributed by atoms with Gasteiger partial charge >= 0.3 is 12.1 Å². The molecule has 1 amide bonds. The van der Waals surface area contributed by atoms with Crippen molar-refractivity contribution in [3.63, 3.8) is 0 Å². The number of rotatable bonds is 1. The van der Waals surface area contributed by atoms with Crippen LogP contribution >= 0.6 is 0 Å². The van der Waals surface area contributed by atoms with Gasteiger partial charge in [-0.25, -0.2) is 9.59 Å². The molecule has 6 heteroatoms. The summed E-state index contributed by atoms with van der Waals surface area (Å²) in [6.45, 7) is 5.38. The monoisotopic (exact) mass is 299 g/mol. The topological polar surface area (TPSA) is 76.1 Å². The van der Waals surface area contributed by atoms with E-state index >= 15 is 0 Å². The number of hydrogen-bond acceptors (Lipinski definition) is 5. The Hall–Kier alpha value is -1.30. The summed E-state index contributed by atoms with van der Waals surface area (Å²) in [6, 6.07) is -0.752. The third kappa shape index (κ3) is 3.48. The van der Waals surface area contributed by atoms with Gasteiger partial charge < -0.3 is 14.6 Å². The van der Waals surface area contributed by atoms with Crippen LogP contribution in [-0.4, -0.2) is 53.0 Å². The number of ether oxygens (including phenoxy) is 2. The van der Waals surface area contributed by atoms with E-state index in [-0.39, 0.29) is 12.0 Å². The fourth-order valence-corrected chi connectivity index (χ4v) is 3.36. The van der Waals surface area contributed by atoms with Crippen molar-refractivity contribution >= 4 is 12.1 Å². The lowest BCUT2D eigenvalue weighted by molar-refractivity contribution is -0.146. The zero-order valence-corrected chi connectivity index (χ0v) is 13.2. The van der Waals surface area contributed by atoms with E-state index in [1.165, 1.54) is 12.0 Å². The lowest BCUT2D eigenvalue weighted by Crippen LogP contribution is -2.49. The number of esters is 1. The first kappa shape index (κ1) is 16.1. The Morgan fingerprint density at radius 3 is 2.43 bits per heavy atom. The molecular weight excluding hydrogens is 274 g/mol. The molecule has 2 aliphatic rings. The Morgan fingerprint density at radius 2 is 1.86 bits per heavy atom. The summed E-state index contributed by atoms with van der Waals surface area (Å²) in [7, 11) is 1.33. The Bertz CT molecular complexity index is 417. The zero-order valence-electron chi connectivity index (χ0n) is 13.2. The molecule has 1 heterocycles. The van der Waals surface area contributed by atoms with E-state index in [4.69, 9.17) is 9.47 Å². The van der Waals surface area contributed by atoms with Crippen molar-refractivity contribution < 1.29 is 24.2 Å². The highest BCUT2D eigenvalue weighted by atomic mass is 16.6. The number of nitrogens with zero attached hydrogens (tertiary/aromatic N) is 1. The third-order valence-corrected chi connectivity index (χ3v) is 4.23. The number of likely N-dealkylation sites (tertiary alicyclic amines) is 1. The van der Waals surface area contributed by atoms with Crippen LogP contribution in [0, 0.1) is 5.92 Å². The second-order valence-electron chi connectivity index (χ2n) is 6.96. The van der Waals surface area contributed by atoms with Gasteiger partial charge in [-0.3, -0.25) is 4.90 Å². The van der Waals surface area contributed by atoms with Gasteiger partial charge in [-0.2, -0.15) is 0 Å². The van der Waals surface area contributed by atoms with Crippen molar-refractivity contribution in [1.29, 1.82) is 0 Å². The van der Waals surface area contributed by atoms with Crippen molar-refractivity contribution in [2.45, 2.75) is 70.2 Å². The van der Waals surface area contributed by atoms with E-state index in [1.54, 1.807) is 20.8 Å². The first-order valence-electron chi connectivity index (χ1n) is 7.50. The van der Waals surface area contributed by atoms with E-state index in [9.17, 15) is 14.7 Å². The average Bonchev–Trinajstić information content (AvgIpc) is 2.74. The first-order valence-corrected chi connectivity index (χ1v) is 7.50. The van der Waals surface area contributed by atoms with Crippen molar-refractivity contribution in [1.82, 2.24) is 4.90 Å². The molecule has 0 unspecified atom stereocenters. The van der Waals surface area contributed by atoms with Crippen LogP contribution in [0.1, 0.15) is 46.5 Å². The van der Waals surface area contributed by atoms with Gasteiger partial charge in [0, 0.05) is 6.04 Å². The SMILES string of the molecule is COC(=O)[C@H]1C[C@H]2CC[C@@H](O)C[C@H]2N1C(=O)OC(C)(C)C. The molecule has 0 aromatic rings. The maximum Gasteiger partial charge on any atom is 0.411 e. The van der Waals surface area contributed by atoms with Crippen molar-refractivity contribution in [3.05, 3.63) is 0 Å². The quantitative estimate of drug-likeness (QED) is 0.746. The molecule has 0 bridgehead atoms. The van der Waals surface area contributed by atoms with Gasteiger partial charge in [-0.05, 0) is 52.4 Å². The van der Waals surface area contributed by atoms with E-state index < -0.39 is 29.8 Å². The summed E-state index contributed by atoms with van der Waals surface area (Å²) in [4.78, 5) is 25.9. The Balaban J connectivity index is 2.22. The molecular formula is C15H25NO5. The number of methoxy groups -OCH3 is 1. The van der Waals surface area contributed by atoms with Gasteiger partial charge in [0.2, 0.25) is 0 Å². The largest absolute Gasteiger partial charge is 0.467 e. The summed E-state index contributed by atoms with van der Waals surface area (Å²) in [5.41, 5.74) is -0.622. The van der Waals surface area contributed by atoms with Crippen LogP contribution in [0.2, 0.25) is 0 Å². The average molecular weight is 299 g/mol. The van der Waals surface area contributed by atoms with Crippen molar-refractivity contribution in [2.24, 2.45) is 5.92 Å². The maximum atomic E-state index is 12.5. The van der Waals surface area contributed by atoms with Gasteiger partial charge in [0.1, 0.15) is 11.6 Å². The normalized spacial score (nSPS) is 32.5. The molecule has 21 heavy (non-hydrogen) atoms. The van der Waals surface area contributed by atoms with Crippen LogP contribution in [0.3, 0.4) is 0 Å². The molecule has 1 aliphatic carbocycles. The van der Waals surface area contributed by atoms with E-state index in [2.05, 4.69) is 0 Å². The minimum absolute atomic E-state index is 0.146. The molecule has 6 nitrogen and oxygen atoms in total. The summed E-state index contributed by atoms with van der Waals surface area (Å²) < 4.78 is 10.3. The van der Waals surface area contributed by atoms with Gasteiger partial charge in [-0.15, -0.1) is 0 Å². The summed E-state index contributed by atoms with van der Waals surface area (Å²) in [5.74, 6) is -0.185. The molecule has 0 aromatic heterocycles. The predicted octanol–water partition coefficient (Wildman–Crippen LogP) is 1.70. The molecule has 1 N–H and O–H groups in total. The molecule has 2 fully saturated rings. The fraction of sp³-hybridized carbons (Fsp3) is 0.867. The highest BCUT2D eigenvalue weighted by Crippen LogP contribution is 2.40. The van der Waals surface area contributed by atoms with Crippen LogP contribution in [0.5, 0.6) is 0 Å². The van der Waals surface area contributed by atoms with Crippen LogP contribution in [-0.2, 0) is 14.3 Å². The van der Waals surface area contributed by atoms with Gasteiger partial charge in [-0.1, -0.05) is 0 Å². The van der Waals surface area contributed by atoms with Gasteiger partial charge in [0.15, 0.2) is 0 Å². The highest BCUT2D eigenvalue weighted by molar-refractivity contribution is 5.82. The van der Waals surface area contributed by atoms with Crippen molar-refractivity contribution in [3.8, 4) is 0 Å². The smallest absolute Gasteiger partial charge is 0.411 e. The lowest BCUT2D eigenvalue weighted by Gasteiger charge is -2.36. The van der Waals surface area contributed by atoms with Crippen molar-refractivity contribution in [2.75, 3.05) is 7.11 Å². The van der Waals surface area contributed by atoms with Crippen LogP contribution in [0.15, 0.2) is 0 Å². The number of fused-ring (bicyclic) bond motifs is 1. The van der Waals surface area contributed by atoms with E-state index in [0.717, 1.165) is 12.8 Å². The van der Waals surface area contributed by atoms with Gasteiger partial charge in [0.05, 0.1) is 13.2 Å². The van der Waals surface area contributed by atoms with Crippen LogP contribution < -0.4 is 0 Å². The number of hydrogen-bond donors (Lipinski definition) is 1. The molecule has 1 saturated carbocycles. The number of aliphatic hydroxyl groups excluding tert-OH is 1. The Morgan fingerprint density at radius 1 is 1.19 bits per heavy atom. The molecule has 0 radical (unpaired) electrons. The second-order valence-corrected chi connectivity index (χ2v) is 6.96. The number of amides is 1. The zero-order chi connectivity index (χ0) is 15.8. The van der Waals surface area contributed by atoms with E-state index in [1.807, 2.05) is 0 Å². The van der Waals surface area contributed by atoms with Crippen LogP contribution in [0.25, 0.3) is 0 Å². The lowest BCUT2D eigenvalue weighted by atomic mass is 9.83. The molecule has 1 saturated heterocycles. The summed E-state index contributed by atoms with van der Waals surface area (Å²) >= 11 is 0. The minimum atomic E-state index is -0.622. The standard InChI is InChI=1S/C15H25NO5/c1-15(2,3)21-14(19)16-11-8-10(17)6-5-9(11)7-12(16)13(18)20-4/h9-12,17H,5-8H2,1-4H3/t9-,10-,11-,12-/m1/s1. The highest BCUT2D eigenvalue weighted by Gasteiger charge is 2.50. The minimum Gasteiger partial charge on any atom is -0.467 e. The number of carbonyl (C=O) groups is 2. The molecule has 120 valence electrons. The van der Waals surface area contributed by atoms with Crippen LogP contribution in [0.4, 0.5) is 4.79 Å². The Kier molecular flexibility index (Phi) is 4.46. The van der Waals surface area contributed by atoms with E-state index in [0.29, 0.717) is 12.8 Å². The molecule has 1 aliphatic heterocycles. The summed E-state index contributed by atoms with van der Waals surface area (Å²) in [6.07, 6.45) is 1.70. The maximum absolute atomic E-state index is 12.5. The first-order chi connectivity index (χ1) is 9.73. The molecule has 4 atom stereocenters. The Labute approximate surface area is 125 Å². The third-order valence-electron chi connectivity index (χ3n) is 4.23. The molecule has 0 aromatic carbocycles. The number of carbonyl (C=O) groups excluding carboxylic acids is 2. The summed E-state index contributed by atoms with van der Waals surface area (Å²) in [5, 5.41) is 9.88. The number of aliphatic hydroxyl groups is 1. The predicted molar refractivity (Wildman–Crippen MR) is 75.6 cm³/mol. The molecule has 2 rings (SSSR count). The fourth-order valence-electron chi connectivity index (χ4n) is 3.36. The second kappa shape index (κ2) is 5.83. The van der Waals surface area contributed by atoms with Gasteiger partial charge in [0.25, 0.3) is 0 Å². The molecule has 0 spiro atoms.